The van der Waals surface area contributed by atoms with E-state index in [2.05, 4.69) is 9.97 Å². The van der Waals surface area contributed by atoms with Gasteiger partial charge in [-0.2, -0.15) is 0 Å². The largest absolute Gasteiger partial charge is 0.495 e. The van der Waals surface area contributed by atoms with Crippen molar-refractivity contribution in [2.45, 2.75) is 0 Å². The first-order chi connectivity index (χ1) is 9.13. The van der Waals surface area contributed by atoms with Crippen LogP contribution in [0.1, 0.15) is 10.5 Å². The highest BCUT2D eigenvalue weighted by molar-refractivity contribution is 6.29. The van der Waals surface area contributed by atoms with Gasteiger partial charge in [0.1, 0.15) is 16.6 Å². The highest BCUT2D eigenvalue weighted by atomic mass is 35.5. The van der Waals surface area contributed by atoms with Crippen molar-refractivity contribution in [2.24, 2.45) is 0 Å². The fourth-order valence-electron chi connectivity index (χ4n) is 1.63. The van der Waals surface area contributed by atoms with Gasteiger partial charge in [0.05, 0.1) is 25.2 Å². The first kappa shape index (κ1) is 13.3. The molecule has 98 valence electrons. The van der Waals surface area contributed by atoms with E-state index < -0.39 is 0 Å². The molecule has 0 bridgehead atoms. The lowest BCUT2D eigenvalue weighted by molar-refractivity contribution is 0.0987. The maximum atomic E-state index is 12.3. The van der Waals surface area contributed by atoms with Gasteiger partial charge in [0, 0.05) is 7.05 Å². The third kappa shape index (κ3) is 2.82. The number of carbonyl (C=O) groups is 1. The van der Waals surface area contributed by atoms with E-state index in [0.29, 0.717) is 11.4 Å². The van der Waals surface area contributed by atoms with Gasteiger partial charge in [0.25, 0.3) is 5.91 Å². The van der Waals surface area contributed by atoms with Crippen molar-refractivity contribution >= 4 is 23.2 Å². The highest BCUT2D eigenvalue weighted by Gasteiger charge is 2.18. The standard InChI is InChI=1S/C13H12ClN3O2/c1-17(10-5-3-4-6-11(10)19-2)13(18)9-7-15-8-12(14)16-9/h3-8H,1-2H3. The summed E-state index contributed by atoms with van der Waals surface area (Å²) in [5.74, 6) is 0.299. The second-order valence-electron chi connectivity index (χ2n) is 3.76. The van der Waals surface area contributed by atoms with Gasteiger partial charge in [-0.1, -0.05) is 23.7 Å². The number of rotatable bonds is 3. The molecule has 0 atom stereocenters. The number of methoxy groups -OCH3 is 1. The summed E-state index contributed by atoms with van der Waals surface area (Å²) in [7, 11) is 3.19. The molecule has 1 heterocycles. The molecule has 0 radical (unpaired) electrons. The molecule has 0 fully saturated rings. The van der Waals surface area contributed by atoms with Crippen LogP contribution in [-0.2, 0) is 0 Å². The second-order valence-corrected chi connectivity index (χ2v) is 4.15. The molecule has 2 rings (SSSR count). The fraction of sp³-hybridized carbons (Fsp3) is 0.154. The third-order valence-corrected chi connectivity index (χ3v) is 2.76. The summed E-state index contributed by atoms with van der Waals surface area (Å²) in [5, 5.41) is 0.180. The minimum atomic E-state index is -0.306. The molecule has 0 aliphatic heterocycles. The van der Waals surface area contributed by atoms with Crippen LogP contribution in [0.25, 0.3) is 0 Å². The second kappa shape index (κ2) is 5.67. The lowest BCUT2D eigenvalue weighted by Crippen LogP contribution is -2.27. The maximum absolute atomic E-state index is 12.3. The van der Waals surface area contributed by atoms with Crippen LogP contribution in [-0.4, -0.2) is 30.0 Å². The summed E-state index contributed by atoms with van der Waals surface area (Å²) in [6.07, 6.45) is 2.75. The highest BCUT2D eigenvalue weighted by Crippen LogP contribution is 2.27. The van der Waals surface area contributed by atoms with Crippen molar-refractivity contribution in [1.29, 1.82) is 0 Å². The Kier molecular flexibility index (Phi) is 3.97. The number of halogens is 1. The third-order valence-electron chi connectivity index (χ3n) is 2.58. The first-order valence-corrected chi connectivity index (χ1v) is 5.90. The van der Waals surface area contributed by atoms with Gasteiger partial charge >= 0.3 is 0 Å². The Bertz CT molecular complexity index is 604. The van der Waals surface area contributed by atoms with Crippen molar-refractivity contribution in [3.63, 3.8) is 0 Å². The zero-order valence-electron chi connectivity index (χ0n) is 10.5. The molecular weight excluding hydrogens is 266 g/mol. The molecule has 0 spiro atoms. The van der Waals surface area contributed by atoms with E-state index in [1.54, 1.807) is 26.3 Å². The molecule has 0 aliphatic rings. The van der Waals surface area contributed by atoms with Gasteiger partial charge in [-0.25, -0.2) is 4.98 Å². The predicted molar refractivity (Wildman–Crippen MR) is 72.8 cm³/mol. The van der Waals surface area contributed by atoms with Crippen LogP contribution in [0.2, 0.25) is 5.15 Å². The van der Waals surface area contributed by atoms with Crippen LogP contribution < -0.4 is 9.64 Å². The van der Waals surface area contributed by atoms with E-state index in [9.17, 15) is 4.79 Å². The van der Waals surface area contributed by atoms with Gasteiger partial charge in [-0.15, -0.1) is 0 Å². The average Bonchev–Trinajstić information content (AvgIpc) is 2.45. The van der Waals surface area contributed by atoms with E-state index in [4.69, 9.17) is 16.3 Å². The van der Waals surface area contributed by atoms with E-state index in [-0.39, 0.29) is 16.8 Å². The van der Waals surface area contributed by atoms with Crippen molar-refractivity contribution in [3.05, 3.63) is 47.5 Å². The fourth-order valence-corrected chi connectivity index (χ4v) is 1.78. The van der Waals surface area contributed by atoms with Gasteiger partial charge in [0.15, 0.2) is 0 Å². The van der Waals surface area contributed by atoms with E-state index in [1.807, 2.05) is 12.1 Å². The summed E-state index contributed by atoms with van der Waals surface area (Å²) >= 11 is 5.73. The Morgan fingerprint density at radius 3 is 2.74 bits per heavy atom. The molecule has 1 aromatic carbocycles. The summed E-state index contributed by atoms with van der Waals surface area (Å²) in [6.45, 7) is 0. The number of anilines is 1. The quantitative estimate of drug-likeness (QED) is 0.864. The molecule has 0 saturated heterocycles. The van der Waals surface area contributed by atoms with Crippen molar-refractivity contribution in [2.75, 3.05) is 19.1 Å². The smallest absolute Gasteiger partial charge is 0.278 e. The normalized spacial score (nSPS) is 10.1. The Morgan fingerprint density at radius 1 is 1.32 bits per heavy atom. The van der Waals surface area contributed by atoms with Crippen LogP contribution in [0.15, 0.2) is 36.7 Å². The number of para-hydroxylation sites is 2. The number of nitrogens with zero attached hydrogens (tertiary/aromatic N) is 3. The van der Waals surface area contributed by atoms with Gasteiger partial charge in [0.2, 0.25) is 0 Å². The molecule has 0 N–H and O–H groups in total. The Morgan fingerprint density at radius 2 is 2.05 bits per heavy atom. The summed E-state index contributed by atoms with van der Waals surface area (Å²) < 4.78 is 5.22. The number of ether oxygens (including phenoxy) is 1. The lowest BCUT2D eigenvalue weighted by atomic mass is 10.2. The molecule has 1 amide bonds. The number of benzene rings is 1. The van der Waals surface area contributed by atoms with Crippen LogP contribution in [0, 0.1) is 0 Å². The van der Waals surface area contributed by atoms with Crippen LogP contribution in [0.4, 0.5) is 5.69 Å². The first-order valence-electron chi connectivity index (χ1n) is 5.52. The number of aromatic nitrogens is 2. The van der Waals surface area contributed by atoms with Gasteiger partial charge in [-0.3, -0.25) is 9.78 Å². The molecule has 0 saturated carbocycles. The number of hydrogen-bond donors (Lipinski definition) is 0. The predicted octanol–water partition coefficient (Wildman–Crippen LogP) is 2.42. The zero-order chi connectivity index (χ0) is 13.8. The Hall–Kier alpha value is -2.14. The van der Waals surface area contributed by atoms with E-state index >= 15 is 0 Å². The zero-order valence-corrected chi connectivity index (χ0v) is 11.3. The Labute approximate surface area is 115 Å². The number of hydrogen-bond acceptors (Lipinski definition) is 4. The molecule has 6 heteroatoms. The summed E-state index contributed by atoms with van der Waals surface area (Å²) in [4.78, 5) is 21.5. The van der Waals surface area contributed by atoms with E-state index in [1.165, 1.54) is 17.3 Å². The van der Waals surface area contributed by atoms with Crippen LogP contribution in [0.5, 0.6) is 5.75 Å². The van der Waals surface area contributed by atoms with Gasteiger partial charge < -0.3 is 9.64 Å². The summed E-state index contributed by atoms with van der Waals surface area (Å²) in [6, 6.07) is 7.22. The van der Waals surface area contributed by atoms with Gasteiger partial charge in [-0.05, 0) is 12.1 Å². The van der Waals surface area contributed by atoms with E-state index in [0.717, 1.165) is 0 Å². The van der Waals surface area contributed by atoms with Crippen molar-refractivity contribution < 1.29 is 9.53 Å². The average molecular weight is 278 g/mol. The number of carbonyl (C=O) groups excluding carboxylic acids is 1. The van der Waals surface area contributed by atoms with Crippen molar-refractivity contribution in [1.82, 2.24) is 9.97 Å². The SMILES string of the molecule is COc1ccccc1N(C)C(=O)c1cncc(Cl)n1. The molecule has 19 heavy (non-hydrogen) atoms. The van der Waals surface area contributed by atoms with Crippen LogP contribution >= 0.6 is 11.6 Å². The molecule has 5 nitrogen and oxygen atoms in total. The molecule has 2 aromatic rings. The van der Waals surface area contributed by atoms with Crippen molar-refractivity contribution in [3.8, 4) is 5.75 Å². The topological polar surface area (TPSA) is 55.3 Å². The molecule has 0 unspecified atom stereocenters. The Balaban J connectivity index is 2.33. The minimum Gasteiger partial charge on any atom is -0.495 e. The molecule has 1 aromatic heterocycles. The lowest BCUT2D eigenvalue weighted by Gasteiger charge is -2.19. The number of amides is 1. The van der Waals surface area contributed by atoms with Crippen LogP contribution in [0.3, 0.4) is 0 Å². The molecule has 0 aliphatic carbocycles. The summed E-state index contributed by atoms with van der Waals surface area (Å²) in [5.41, 5.74) is 0.831. The molecular formula is C13H12ClN3O2. The minimum absolute atomic E-state index is 0.180. The maximum Gasteiger partial charge on any atom is 0.278 e. The monoisotopic (exact) mass is 277 g/mol.